The van der Waals surface area contributed by atoms with Crippen molar-refractivity contribution in [3.8, 4) is 0 Å². The van der Waals surface area contributed by atoms with Gasteiger partial charge in [0, 0.05) is 35.5 Å². The van der Waals surface area contributed by atoms with Gasteiger partial charge in [0.05, 0.1) is 13.2 Å². The molecule has 3 rings (SSSR count). The lowest BCUT2D eigenvalue weighted by Crippen LogP contribution is -2.36. The maximum atomic E-state index is 12.1. The van der Waals surface area contributed by atoms with E-state index in [9.17, 15) is 9.59 Å². The number of thiazole rings is 1. The minimum atomic E-state index is -0.201. The summed E-state index contributed by atoms with van der Waals surface area (Å²) in [6, 6.07) is 7.74. The van der Waals surface area contributed by atoms with Gasteiger partial charge in [-0.25, -0.2) is 0 Å². The molecule has 0 aliphatic carbocycles. The predicted octanol–water partition coefficient (Wildman–Crippen LogP) is 1.69. The third-order valence-corrected chi connectivity index (χ3v) is 4.69. The number of amides is 1. The lowest BCUT2D eigenvalue weighted by molar-refractivity contribution is -0.116. The van der Waals surface area contributed by atoms with Crippen LogP contribution < -0.4 is 15.1 Å². The van der Waals surface area contributed by atoms with Gasteiger partial charge >= 0.3 is 4.87 Å². The Morgan fingerprint density at radius 1 is 1.26 bits per heavy atom. The van der Waals surface area contributed by atoms with Crippen molar-refractivity contribution in [3.05, 3.63) is 45.0 Å². The van der Waals surface area contributed by atoms with Gasteiger partial charge in [0.15, 0.2) is 0 Å². The van der Waals surface area contributed by atoms with Gasteiger partial charge in [-0.15, -0.1) is 0 Å². The summed E-state index contributed by atoms with van der Waals surface area (Å²) in [5.41, 5.74) is 2.65. The van der Waals surface area contributed by atoms with Crippen molar-refractivity contribution in [1.82, 2.24) is 4.57 Å². The third kappa shape index (κ3) is 3.80. The zero-order valence-electron chi connectivity index (χ0n) is 12.9. The van der Waals surface area contributed by atoms with E-state index in [1.54, 1.807) is 5.38 Å². The molecule has 2 aromatic rings. The molecule has 0 unspecified atom stereocenters. The fourth-order valence-corrected chi connectivity index (χ4v) is 3.25. The van der Waals surface area contributed by atoms with Crippen molar-refractivity contribution >= 4 is 28.6 Å². The first-order valence-corrected chi connectivity index (χ1v) is 8.39. The number of aryl methyl sites for hydroxylation is 1. The fourth-order valence-electron chi connectivity index (χ4n) is 2.52. The Labute approximate surface area is 138 Å². The van der Waals surface area contributed by atoms with Crippen LogP contribution in [0.15, 0.2) is 34.4 Å². The first kappa shape index (κ1) is 15.8. The van der Waals surface area contributed by atoms with E-state index in [1.807, 2.05) is 31.2 Å². The van der Waals surface area contributed by atoms with E-state index in [1.165, 1.54) is 4.57 Å². The molecular formula is C16H19N3O3S. The number of hydrogen-bond donors (Lipinski definition) is 1. The molecule has 1 saturated heterocycles. The number of anilines is 2. The molecule has 122 valence electrons. The summed E-state index contributed by atoms with van der Waals surface area (Å²) in [5, 5.41) is 4.58. The Morgan fingerprint density at radius 3 is 2.57 bits per heavy atom. The summed E-state index contributed by atoms with van der Waals surface area (Å²) in [6.45, 7) is 5.11. The highest BCUT2D eigenvalue weighted by atomic mass is 32.1. The SMILES string of the molecule is Cc1csc(=O)n1CC(=O)Nc1ccc(N2CCOCC2)cc1. The summed E-state index contributed by atoms with van der Waals surface area (Å²) < 4.78 is 6.82. The predicted molar refractivity (Wildman–Crippen MR) is 91.4 cm³/mol. The maximum Gasteiger partial charge on any atom is 0.307 e. The van der Waals surface area contributed by atoms with Gasteiger partial charge in [-0.2, -0.15) is 0 Å². The Hall–Kier alpha value is -2.12. The molecule has 1 aliphatic heterocycles. The average molecular weight is 333 g/mol. The van der Waals surface area contributed by atoms with Crippen LogP contribution >= 0.6 is 11.3 Å². The van der Waals surface area contributed by atoms with E-state index in [0.29, 0.717) is 0 Å². The molecule has 2 heterocycles. The van der Waals surface area contributed by atoms with E-state index < -0.39 is 0 Å². The third-order valence-electron chi connectivity index (χ3n) is 3.81. The van der Waals surface area contributed by atoms with Gasteiger partial charge in [0.25, 0.3) is 0 Å². The number of carbonyl (C=O) groups excluding carboxylic acids is 1. The minimum absolute atomic E-state index is 0.0411. The van der Waals surface area contributed by atoms with E-state index >= 15 is 0 Å². The van der Waals surface area contributed by atoms with Gasteiger partial charge in [-0.3, -0.25) is 14.2 Å². The quantitative estimate of drug-likeness (QED) is 0.925. The largest absolute Gasteiger partial charge is 0.378 e. The highest BCUT2D eigenvalue weighted by Crippen LogP contribution is 2.19. The van der Waals surface area contributed by atoms with Crippen LogP contribution in [0.1, 0.15) is 5.69 Å². The van der Waals surface area contributed by atoms with Gasteiger partial charge < -0.3 is 15.0 Å². The smallest absolute Gasteiger partial charge is 0.307 e. The highest BCUT2D eigenvalue weighted by molar-refractivity contribution is 7.07. The van der Waals surface area contributed by atoms with Crippen LogP contribution in [0.3, 0.4) is 0 Å². The second-order valence-electron chi connectivity index (χ2n) is 5.42. The van der Waals surface area contributed by atoms with E-state index in [0.717, 1.165) is 54.7 Å². The molecule has 1 amide bonds. The number of ether oxygens (including phenoxy) is 1. The standard InChI is InChI=1S/C16H19N3O3S/c1-12-11-23-16(21)19(12)10-15(20)17-13-2-4-14(5-3-13)18-6-8-22-9-7-18/h2-5,11H,6-10H2,1H3,(H,17,20). The lowest BCUT2D eigenvalue weighted by Gasteiger charge is -2.28. The van der Waals surface area contributed by atoms with Crippen LogP contribution in [0.5, 0.6) is 0 Å². The number of rotatable bonds is 4. The van der Waals surface area contributed by atoms with Crippen LogP contribution in [0.25, 0.3) is 0 Å². The van der Waals surface area contributed by atoms with E-state index in [2.05, 4.69) is 10.2 Å². The molecule has 1 aromatic carbocycles. The van der Waals surface area contributed by atoms with Crippen molar-refractivity contribution in [1.29, 1.82) is 0 Å². The molecule has 23 heavy (non-hydrogen) atoms. The fraction of sp³-hybridized carbons (Fsp3) is 0.375. The highest BCUT2D eigenvalue weighted by Gasteiger charge is 2.12. The number of nitrogens with zero attached hydrogens (tertiary/aromatic N) is 2. The molecule has 7 heteroatoms. The number of carbonyl (C=O) groups is 1. The Balaban J connectivity index is 1.61. The molecule has 1 aliphatic rings. The van der Waals surface area contributed by atoms with Crippen LogP contribution in [-0.2, 0) is 16.1 Å². The number of hydrogen-bond acceptors (Lipinski definition) is 5. The number of morpholine rings is 1. The molecule has 0 atom stereocenters. The Morgan fingerprint density at radius 2 is 1.96 bits per heavy atom. The number of nitrogens with one attached hydrogen (secondary N) is 1. The maximum absolute atomic E-state index is 12.1. The monoisotopic (exact) mass is 333 g/mol. The normalized spacial score (nSPS) is 14.7. The lowest BCUT2D eigenvalue weighted by atomic mass is 10.2. The van der Waals surface area contributed by atoms with Crippen molar-refractivity contribution in [2.75, 3.05) is 36.5 Å². The summed E-state index contributed by atoms with van der Waals surface area (Å²) in [5.74, 6) is -0.201. The first-order chi connectivity index (χ1) is 11.1. The van der Waals surface area contributed by atoms with Crippen molar-refractivity contribution < 1.29 is 9.53 Å². The van der Waals surface area contributed by atoms with Crippen LogP contribution in [0.4, 0.5) is 11.4 Å². The van der Waals surface area contributed by atoms with Crippen LogP contribution in [0, 0.1) is 6.92 Å². The topological polar surface area (TPSA) is 63.6 Å². The zero-order chi connectivity index (χ0) is 16.2. The Kier molecular flexibility index (Phi) is 4.78. The first-order valence-electron chi connectivity index (χ1n) is 7.51. The summed E-state index contributed by atoms with van der Waals surface area (Å²) in [6.07, 6.45) is 0. The molecule has 0 radical (unpaired) electrons. The van der Waals surface area contributed by atoms with Crippen LogP contribution in [0.2, 0.25) is 0 Å². The summed E-state index contributed by atoms with van der Waals surface area (Å²) >= 11 is 1.11. The second-order valence-corrected chi connectivity index (χ2v) is 6.24. The molecule has 6 nitrogen and oxygen atoms in total. The van der Waals surface area contributed by atoms with Gasteiger partial charge in [0.2, 0.25) is 5.91 Å². The average Bonchev–Trinajstić information content (AvgIpc) is 2.88. The minimum Gasteiger partial charge on any atom is -0.378 e. The van der Waals surface area contributed by atoms with Crippen molar-refractivity contribution in [2.45, 2.75) is 13.5 Å². The van der Waals surface area contributed by atoms with Crippen LogP contribution in [-0.4, -0.2) is 36.8 Å². The van der Waals surface area contributed by atoms with E-state index in [4.69, 9.17) is 4.74 Å². The number of benzene rings is 1. The van der Waals surface area contributed by atoms with E-state index in [-0.39, 0.29) is 17.3 Å². The van der Waals surface area contributed by atoms with Gasteiger partial charge in [-0.05, 0) is 31.2 Å². The molecule has 1 aromatic heterocycles. The van der Waals surface area contributed by atoms with Crippen molar-refractivity contribution in [3.63, 3.8) is 0 Å². The molecule has 1 fully saturated rings. The summed E-state index contributed by atoms with van der Waals surface area (Å²) in [7, 11) is 0. The molecule has 1 N–H and O–H groups in total. The molecule has 0 saturated carbocycles. The number of aromatic nitrogens is 1. The molecular weight excluding hydrogens is 314 g/mol. The molecule has 0 bridgehead atoms. The zero-order valence-corrected chi connectivity index (χ0v) is 13.8. The van der Waals surface area contributed by atoms with Gasteiger partial charge in [-0.1, -0.05) is 11.3 Å². The van der Waals surface area contributed by atoms with Crippen molar-refractivity contribution in [2.24, 2.45) is 0 Å². The second kappa shape index (κ2) is 6.97. The molecule has 0 spiro atoms. The summed E-state index contributed by atoms with van der Waals surface area (Å²) in [4.78, 5) is 25.9. The Bertz CT molecular complexity index is 730. The van der Waals surface area contributed by atoms with Gasteiger partial charge in [0.1, 0.15) is 6.54 Å².